The Kier molecular flexibility index (Phi) is 5.35. The molecule has 12 rings (SSSR count). The molecule has 51 heavy (non-hydrogen) atoms. The monoisotopic (exact) mass is 667 g/mol. The molecule has 12 aromatic rings. The van der Waals surface area contributed by atoms with Gasteiger partial charge < -0.3 is 4.42 Å². The molecule has 5 heteroatoms. The Morgan fingerprint density at radius 1 is 0.510 bits per heavy atom. The number of thiophene rings is 1. The maximum absolute atomic E-state index is 6.68. The lowest BCUT2D eigenvalue weighted by atomic mass is 9.95. The van der Waals surface area contributed by atoms with Gasteiger partial charge in [0.1, 0.15) is 16.8 Å². The predicted molar refractivity (Wildman–Crippen MR) is 214 cm³/mol. The van der Waals surface area contributed by atoms with E-state index in [1.807, 2.05) is 23.5 Å². The molecule has 0 aliphatic heterocycles. The van der Waals surface area contributed by atoms with Crippen molar-refractivity contribution in [3.8, 4) is 17.2 Å². The molecule has 0 spiro atoms. The largest absolute Gasteiger partial charge is 0.452 e. The van der Waals surface area contributed by atoms with Crippen LogP contribution in [0.15, 0.2) is 156 Å². The Balaban J connectivity index is 1.30. The summed E-state index contributed by atoms with van der Waals surface area (Å²) < 4.78 is 11.5. The molecule has 0 saturated heterocycles. The summed E-state index contributed by atoms with van der Waals surface area (Å²) in [5, 5.41) is 13.1. The zero-order valence-corrected chi connectivity index (χ0v) is 27.9. The molecule has 0 aliphatic rings. The first-order valence-electron chi connectivity index (χ1n) is 17.2. The summed E-state index contributed by atoms with van der Waals surface area (Å²) in [6.45, 7) is 0. The molecule has 0 atom stereocenters. The van der Waals surface area contributed by atoms with Gasteiger partial charge in [0.2, 0.25) is 5.95 Å². The summed E-state index contributed by atoms with van der Waals surface area (Å²) in [5.41, 5.74) is 6.29. The number of fused-ring (bicyclic) bond motifs is 16. The summed E-state index contributed by atoms with van der Waals surface area (Å²) >= 11 is 1.87. The molecule has 0 amide bonds. The molecule has 0 saturated carbocycles. The van der Waals surface area contributed by atoms with Crippen LogP contribution in [0.2, 0.25) is 0 Å². The minimum absolute atomic E-state index is 0.623. The standard InChI is InChI=1S/C46H25N3OS/c1-2-14-27-26(13-1)25-35(29-16-4-3-15-28(27)29)42-44-41(33-20-8-11-23-37(33)50-44)47-46(48-42)49-36-22-10-7-19-32(36)40-43(49)31-18-6-5-17-30(31)39-34-21-9-12-24-38(34)51-45(39)40/h1-25H. The van der Waals surface area contributed by atoms with Crippen molar-refractivity contribution in [3.63, 3.8) is 0 Å². The highest BCUT2D eigenvalue weighted by molar-refractivity contribution is 7.27. The number of hydrogen-bond donors (Lipinski definition) is 0. The van der Waals surface area contributed by atoms with Crippen LogP contribution in [-0.4, -0.2) is 14.5 Å². The molecule has 0 N–H and O–H groups in total. The zero-order valence-electron chi connectivity index (χ0n) is 27.1. The lowest BCUT2D eigenvalue weighted by Crippen LogP contribution is -2.03. The maximum atomic E-state index is 6.68. The fraction of sp³-hybridized carbons (Fsp3) is 0. The lowest BCUT2D eigenvalue weighted by Gasteiger charge is -2.13. The van der Waals surface area contributed by atoms with Crippen molar-refractivity contribution >= 4 is 108 Å². The van der Waals surface area contributed by atoms with Crippen LogP contribution in [0.1, 0.15) is 0 Å². The summed E-state index contributed by atoms with van der Waals surface area (Å²) in [4.78, 5) is 11.0. The molecule has 0 bridgehead atoms. The van der Waals surface area contributed by atoms with Crippen LogP contribution in [0.4, 0.5) is 0 Å². The fourth-order valence-corrected chi connectivity index (χ4v) is 9.72. The van der Waals surface area contributed by atoms with Crippen molar-refractivity contribution in [2.75, 3.05) is 0 Å². The third-order valence-corrected chi connectivity index (χ3v) is 11.8. The van der Waals surface area contributed by atoms with Crippen molar-refractivity contribution in [3.05, 3.63) is 152 Å². The molecule has 0 radical (unpaired) electrons. The molecule has 0 fully saturated rings. The van der Waals surface area contributed by atoms with Gasteiger partial charge in [-0.25, -0.2) is 9.97 Å². The molecule has 8 aromatic carbocycles. The van der Waals surface area contributed by atoms with Crippen molar-refractivity contribution < 1.29 is 4.42 Å². The van der Waals surface area contributed by atoms with Crippen LogP contribution in [0.5, 0.6) is 0 Å². The van der Waals surface area contributed by atoms with Crippen LogP contribution < -0.4 is 0 Å². The number of para-hydroxylation sites is 2. The first-order valence-corrected chi connectivity index (χ1v) is 18.0. The molecule has 4 heterocycles. The SMILES string of the molecule is c1ccc2c(c1)cc(-c1nc(-n3c4ccccc4c4c5sc6ccccc6c5c5ccccc5c43)nc3c1oc1ccccc13)c1ccccc12. The number of rotatable bonds is 2. The van der Waals surface area contributed by atoms with Crippen LogP contribution in [0.25, 0.3) is 114 Å². The second-order valence-electron chi connectivity index (χ2n) is 13.3. The fourth-order valence-electron chi connectivity index (χ4n) is 8.44. The van der Waals surface area contributed by atoms with Gasteiger partial charge >= 0.3 is 0 Å². The van der Waals surface area contributed by atoms with Gasteiger partial charge in [0.25, 0.3) is 0 Å². The van der Waals surface area contributed by atoms with Gasteiger partial charge in [0.05, 0.1) is 11.0 Å². The van der Waals surface area contributed by atoms with E-state index in [4.69, 9.17) is 14.4 Å². The summed E-state index contributed by atoms with van der Waals surface area (Å²) in [5.74, 6) is 0.623. The molecule has 4 aromatic heterocycles. The number of hydrogen-bond acceptors (Lipinski definition) is 4. The third-order valence-electron chi connectivity index (χ3n) is 10.6. The van der Waals surface area contributed by atoms with Gasteiger partial charge in [-0.3, -0.25) is 4.57 Å². The third kappa shape index (κ3) is 3.63. The summed E-state index contributed by atoms with van der Waals surface area (Å²) in [7, 11) is 0. The van der Waals surface area contributed by atoms with Gasteiger partial charge in [-0.1, -0.05) is 121 Å². The highest BCUT2D eigenvalue weighted by atomic mass is 32.1. The minimum Gasteiger partial charge on any atom is -0.452 e. The van der Waals surface area contributed by atoms with Gasteiger partial charge in [0.15, 0.2) is 5.58 Å². The van der Waals surface area contributed by atoms with E-state index in [1.54, 1.807) is 0 Å². The topological polar surface area (TPSA) is 43.9 Å². The average molecular weight is 668 g/mol. The smallest absolute Gasteiger partial charge is 0.236 e. The number of nitrogens with zero attached hydrogens (tertiary/aromatic N) is 3. The van der Waals surface area contributed by atoms with Crippen molar-refractivity contribution in [1.82, 2.24) is 14.5 Å². The van der Waals surface area contributed by atoms with E-state index in [2.05, 4.69) is 144 Å². The molecular formula is C46H25N3OS. The van der Waals surface area contributed by atoms with Crippen LogP contribution in [0.3, 0.4) is 0 Å². The lowest BCUT2D eigenvalue weighted by molar-refractivity contribution is 0.666. The van der Waals surface area contributed by atoms with E-state index in [-0.39, 0.29) is 0 Å². The van der Waals surface area contributed by atoms with Crippen molar-refractivity contribution in [2.24, 2.45) is 0 Å². The Labute approximate surface area is 294 Å². The van der Waals surface area contributed by atoms with E-state index in [9.17, 15) is 0 Å². The van der Waals surface area contributed by atoms with Gasteiger partial charge in [-0.15, -0.1) is 11.3 Å². The maximum Gasteiger partial charge on any atom is 0.236 e. The second kappa shape index (κ2) is 10.0. The van der Waals surface area contributed by atoms with E-state index in [1.165, 1.54) is 52.5 Å². The summed E-state index contributed by atoms with van der Waals surface area (Å²) in [6, 6.07) is 53.9. The van der Waals surface area contributed by atoms with Crippen LogP contribution in [0, 0.1) is 0 Å². The molecular weight excluding hydrogens is 643 g/mol. The average Bonchev–Trinajstić information content (AvgIpc) is 3.87. The van der Waals surface area contributed by atoms with Crippen molar-refractivity contribution in [1.29, 1.82) is 0 Å². The van der Waals surface area contributed by atoms with E-state index in [0.29, 0.717) is 11.5 Å². The van der Waals surface area contributed by atoms with E-state index in [0.717, 1.165) is 49.5 Å². The molecule has 4 nitrogen and oxygen atoms in total. The van der Waals surface area contributed by atoms with Crippen molar-refractivity contribution in [2.45, 2.75) is 0 Å². The predicted octanol–water partition coefficient (Wildman–Crippen LogP) is 13.0. The second-order valence-corrected chi connectivity index (χ2v) is 14.3. The number of benzene rings is 8. The molecule has 0 unspecified atom stereocenters. The minimum atomic E-state index is 0.623. The summed E-state index contributed by atoms with van der Waals surface area (Å²) in [6.07, 6.45) is 0. The normalized spacial score (nSPS) is 12.3. The Bertz CT molecular complexity index is 3440. The first-order chi connectivity index (χ1) is 25.3. The quantitative estimate of drug-likeness (QED) is 0.172. The highest BCUT2D eigenvalue weighted by Crippen LogP contribution is 2.48. The van der Waals surface area contributed by atoms with Gasteiger partial charge in [-0.05, 0) is 57.3 Å². The number of furan rings is 1. The Morgan fingerprint density at radius 2 is 1.16 bits per heavy atom. The van der Waals surface area contributed by atoms with Crippen LogP contribution >= 0.6 is 11.3 Å². The Hall–Kier alpha value is -6.56. The zero-order chi connectivity index (χ0) is 33.2. The molecule has 236 valence electrons. The number of aromatic nitrogens is 3. The highest BCUT2D eigenvalue weighted by Gasteiger charge is 2.25. The van der Waals surface area contributed by atoms with Gasteiger partial charge in [-0.2, -0.15) is 0 Å². The first kappa shape index (κ1) is 27.3. The van der Waals surface area contributed by atoms with Gasteiger partial charge in [0, 0.05) is 47.3 Å². The van der Waals surface area contributed by atoms with Crippen LogP contribution in [-0.2, 0) is 0 Å². The Morgan fingerprint density at radius 3 is 2.02 bits per heavy atom. The molecule has 0 aliphatic carbocycles. The van der Waals surface area contributed by atoms with E-state index < -0.39 is 0 Å². The van der Waals surface area contributed by atoms with E-state index >= 15 is 0 Å².